The van der Waals surface area contributed by atoms with E-state index < -0.39 is 5.91 Å². The second kappa shape index (κ2) is 5.63. The van der Waals surface area contributed by atoms with Gasteiger partial charge in [-0.3, -0.25) is 4.79 Å². The van der Waals surface area contributed by atoms with Crippen molar-refractivity contribution in [3.63, 3.8) is 0 Å². The summed E-state index contributed by atoms with van der Waals surface area (Å²) in [4.78, 5) is 11.3. The summed E-state index contributed by atoms with van der Waals surface area (Å²) in [5.74, 6) is -0.489. The molecule has 2 aromatic carbocycles. The molecule has 5 N–H and O–H groups in total. The highest BCUT2D eigenvalue weighted by atomic mass is 35.5. The molecule has 0 unspecified atom stereocenters. The largest absolute Gasteiger partial charge is 0.399 e. The predicted octanol–water partition coefficient (Wildman–Crippen LogP) is 2.63. The lowest BCUT2D eigenvalue weighted by atomic mass is 10.1. The van der Waals surface area contributed by atoms with Crippen LogP contribution in [0.2, 0.25) is 5.02 Å². The molecule has 0 radical (unpaired) electrons. The number of nitrogen functional groups attached to an aromatic ring is 1. The smallest absolute Gasteiger partial charge is 0.250 e. The topological polar surface area (TPSA) is 81.1 Å². The molecule has 0 bridgehead atoms. The van der Waals surface area contributed by atoms with Crippen molar-refractivity contribution in [3.8, 4) is 0 Å². The minimum absolute atomic E-state index is 0.417. The fourth-order valence-corrected chi connectivity index (χ4v) is 1.88. The van der Waals surface area contributed by atoms with Gasteiger partial charge in [0.15, 0.2) is 0 Å². The molecule has 98 valence electrons. The van der Waals surface area contributed by atoms with Gasteiger partial charge in [0.05, 0.1) is 5.56 Å². The van der Waals surface area contributed by atoms with Crippen molar-refractivity contribution in [2.24, 2.45) is 5.73 Å². The van der Waals surface area contributed by atoms with Crippen LogP contribution < -0.4 is 16.8 Å². The summed E-state index contributed by atoms with van der Waals surface area (Å²) in [6, 6.07) is 12.4. The van der Waals surface area contributed by atoms with E-state index in [1.54, 1.807) is 18.2 Å². The number of primary amides is 1. The number of rotatable bonds is 4. The first kappa shape index (κ1) is 13.2. The Hall–Kier alpha value is -2.20. The molecule has 0 fully saturated rings. The zero-order valence-electron chi connectivity index (χ0n) is 10.2. The van der Waals surface area contributed by atoms with Gasteiger partial charge in [0.1, 0.15) is 0 Å². The minimum atomic E-state index is -0.489. The quantitative estimate of drug-likeness (QED) is 0.750. The Balaban J connectivity index is 2.16. The number of hydrogen-bond donors (Lipinski definition) is 3. The minimum Gasteiger partial charge on any atom is -0.399 e. The lowest BCUT2D eigenvalue weighted by molar-refractivity contribution is 0.100. The molecule has 0 atom stereocenters. The van der Waals surface area contributed by atoms with E-state index in [4.69, 9.17) is 23.1 Å². The van der Waals surface area contributed by atoms with Gasteiger partial charge >= 0.3 is 0 Å². The Morgan fingerprint density at radius 3 is 2.47 bits per heavy atom. The predicted molar refractivity (Wildman–Crippen MR) is 78.2 cm³/mol. The first-order chi connectivity index (χ1) is 9.06. The van der Waals surface area contributed by atoms with Gasteiger partial charge in [0.2, 0.25) is 0 Å². The number of nitrogens with one attached hydrogen (secondary N) is 1. The van der Waals surface area contributed by atoms with Crippen LogP contribution >= 0.6 is 11.6 Å². The van der Waals surface area contributed by atoms with Crippen molar-refractivity contribution in [3.05, 3.63) is 58.6 Å². The molecule has 1 amide bonds. The highest BCUT2D eigenvalue weighted by Crippen LogP contribution is 2.21. The molecule has 0 saturated carbocycles. The van der Waals surface area contributed by atoms with Crippen molar-refractivity contribution in [1.29, 1.82) is 0 Å². The maximum absolute atomic E-state index is 11.3. The third kappa shape index (κ3) is 3.39. The normalized spacial score (nSPS) is 10.2. The first-order valence-electron chi connectivity index (χ1n) is 5.74. The molecular formula is C14H14ClN3O. The van der Waals surface area contributed by atoms with E-state index in [0.717, 1.165) is 5.56 Å². The molecule has 4 nitrogen and oxygen atoms in total. The number of halogens is 1. The van der Waals surface area contributed by atoms with Gasteiger partial charge in [0, 0.05) is 22.9 Å². The van der Waals surface area contributed by atoms with Crippen LogP contribution in [-0.4, -0.2) is 5.91 Å². The number of carbonyl (C=O) groups excluding carboxylic acids is 1. The van der Waals surface area contributed by atoms with Crippen molar-refractivity contribution in [2.45, 2.75) is 6.54 Å². The van der Waals surface area contributed by atoms with Gasteiger partial charge in [-0.05, 0) is 35.9 Å². The zero-order chi connectivity index (χ0) is 13.8. The average molecular weight is 276 g/mol. The Labute approximate surface area is 116 Å². The summed E-state index contributed by atoms with van der Waals surface area (Å²) in [6.07, 6.45) is 0. The van der Waals surface area contributed by atoms with E-state index >= 15 is 0 Å². The van der Waals surface area contributed by atoms with Gasteiger partial charge in [-0.1, -0.05) is 23.7 Å². The monoisotopic (exact) mass is 275 g/mol. The molecular weight excluding hydrogens is 262 g/mol. The van der Waals surface area contributed by atoms with Crippen molar-refractivity contribution in [1.82, 2.24) is 0 Å². The third-order valence-electron chi connectivity index (χ3n) is 2.71. The van der Waals surface area contributed by atoms with Crippen LogP contribution in [-0.2, 0) is 6.54 Å². The first-order valence-corrected chi connectivity index (χ1v) is 6.11. The molecule has 0 aliphatic carbocycles. The van der Waals surface area contributed by atoms with Gasteiger partial charge in [-0.2, -0.15) is 0 Å². The second-order valence-corrected chi connectivity index (χ2v) is 4.59. The number of anilines is 2. The fraction of sp³-hybridized carbons (Fsp3) is 0.0714. The number of hydrogen-bond acceptors (Lipinski definition) is 3. The lowest BCUT2D eigenvalue weighted by Gasteiger charge is -2.10. The SMILES string of the molecule is NC(=O)c1ccc(Cl)cc1NCc1ccc(N)cc1. The lowest BCUT2D eigenvalue weighted by Crippen LogP contribution is -2.14. The highest BCUT2D eigenvalue weighted by molar-refractivity contribution is 6.31. The number of carbonyl (C=O) groups is 1. The fourth-order valence-electron chi connectivity index (χ4n) is 1.71. The van der Waals surface area contributed by atoms with Gasteiger partial charge < -0.3 is 16.8 Å². The Morgan fingerprint density at radius 2 is 1.84 bits per heavy atom. The molecule has 0 spiro atoms. The van der Waals surface area contributed by atoms with E-state index in [0.29, 0.717) is 28.5 Å². The van der Waals surface area contributed by atoms with Crippen molar-refractivity contribution >= 4 is 28.9 Å². The maximum atomic E-state index is 11.3. The van der Waals surface area contributed by atoms with E-state index in [-0.39, 0.29) is 0 Å². The summed E-state index contributed by atoms with van der Waals surface area (Å²) in [5, 5.41) is 3.69. The summed E-state index contributed by atoms with van der Waals surface area (Å²) in [7, 11) is 0. The second-order valence-electron chi connectivity index (χ2n) is 4.15. The zero-order valence-corrected chi connectivity index (χ0v) is 10.9. The average Bonchev–Trinajstić information content (AvgIpc) is 2.38. The summed E-state index contributed by atoms with van der Waals surface area (Å²) in [5.41, 5.74) is 13.7. The molecule has 0 heterocycles. The standard InChI is InChI=1S/C14H14ClN3O/c15-10-3-6-12(14(17)19)13(7-10)18-8-9-1-4-11(16)5-2-9/h1-7,18H,8,16H2,(H2,17,19). The van der Waals surface area contributed by atoms with E-state index in [1.165, 1.54) is 0 Å². The highest BCUT2D eigenvalue weighted by Gasteiger charge is 2.08. The molecule has 2 rings (SSSR count). The number of benzene rings is 2. The van der Waals surface area contributed by atoms with Gasteiger partial charge in [0.25, 0.3) is 5.91 Å². The molecule has 19 heavy (non-hydrogen) atoms. The van der Waals surface area contributed by atoms with Crippen molar-refractivity contribution in [2.75, 3.05) is 11.1 Å². The summed E-state index contributed by atoms with van der Waals surface area (Å²) < 4.78 is 0. The Kier molecular flexibility index (Phi) is 3.92. The van der Waals surface area contributed by atoms with Gasteiger partial charge in [-0.25, -0.2) is 0 Å². The van der Waals surface area contributed by atoms with E-state index in [1.807, 2.05) is 24.3 Å². The van der Waals surface area contributed by atoms with Crippen LogP contribution in [0.4, 0.5) is 11.4 Å². The van der Waals surface area contributed by atoms with Crippen LogP contribution in [0, 0.1) is 0 Å². The van der Waals surface area contributed by atoms with Crippen LogP contribution in [0.5, 0.6) is 0 Å². The molecule has 2 aromatic rings. The van der Waals surface area contributed by atoms with Crippen LogP contribution in [0.25, 0.3) is 0 Å². The third-order valence-corrected chi connectivity index (χ3v) is 2.94. The van der Waals surface area contributed by atoms with E-state index in [9.17, 15) is 4.79 Å². The summed E-state index contributed by atoms with van der Waals surface area (Å²) >= 11 is 5.92. The van der Waals surface area contributed by atoms with Gasteiger partial charge in [-0.15, -0.1) is 0 Å². The molecule has 0 aromatic heterocycles. The van der Waals surface area contributed by atoms with E-state index in [2.05, 4.69) is 5.32 Å². The number of amides is 1. The van der Waals surface area contributed by atoms with Crippen LogP contribution in [0.3, 0.4) is 0 Å². The number of nitrogens with two attached hydrogens (primary N) is 2. The van der Waals surface area contributed by atoms with Crippen LogP contribution in [0.1, 0.15) is 15.9 Å². The molecule has 0 aliphatic heterocycles. The summed E-state index contributed by atoms with van der Waals surface area (Å²) in [6.45, 7) is 0.556. The molecule has 5 heteroatoms. The Morgan fingerprint density at radius 1 is 1.16 bits per heavy atom. The molecule has 0 saturated heterocycles. The van der Waals surface area contributed by atoms with Crippen LogP contribution in [0.15, 0.2) is 42.5 Å². The maximum Gasteiger partial charge on any atom is 0.250 e. The van der Waals surface area contributed by atoms with Crippen molar-refractivity contribution < 1.29 is 4.79 Å². The Bertz CT molecular complexity index is 596. The molecule has 0 aliphatic rings.